The van der Waals surface area contributed by atoms with Gasteiger partial charge in [-0.15, -0.1) is 0 Å². The maximum atomic E-state index is 13.0. The Bertz CT molecular complexity index is 1010. The fraction of sp³-hybridized carbons (Fsp3) is 0.111. The molecule has 1 N–H and O–H groups in total. The standard InChI is InChI=1S/C18H13F3N4O4/c19-18(20,21)12-3-5-15(25-11-22-10-23-25)14(8-12)24-16(26)9-29-17(27)6-4-13-2-1-7-28-13/h1-8,10-11H,9H2,(H,24,26)/b6-4+. The maximum absolute atomic E-state index is 13.0. The van der Waals surface area contributed by atoms with Crippen LogP contribution in [0.1, 0.15) is 11.3 Å². The summed E-state index contributed by atoms with van der Waals surface area (Å²) >= 11 is 0. The second kappa shape index (κ2) is 8.42. The van der Waals surface area contributed by atoms with Gasteiger partial charge >= 0.3 is 12.1 Å². The molecule has 3 aromatic rings. The summed E-state index contributed by atoms with van der Waals surface area (Å²) in [7, 11) is 0. The molecule has 0 aliphatic carbocycles. The average molecular weight is 406 g/mol. The fourth-order valence-corrected chi connectivity index (χ4v) is 2.25. The number of furan rings is 1. The minimum absolute atomic E-state index is 0.160. The molecule has 0 bridgehead atoms. The first-order valence-corrected chi connectivity index (χ1v) is 8.07. The minimum atomic E-state index is -4.61. The highest BCUT2D eigenvalue weighted by atomic mass is 19.4. The molecule has 3 rings (SSSR count). The number of esters is 1. The number of hydrogen-bond acceptors (Lipinski definition) is 6. The number of amides is 1. The summed E-state index contributed by atoms with van der Waals surface area (Å²) in [5.41, 5.74) is -0.972. The first-order valence-electron chi connectivity index (χ1n) is 8.07. The maximum Gasteiger partial charge on any atom is 0.416 e. The van der Waals surface area contributed by atoms with Crippen LogP contribution in [0.5, 0.6) is 0 Å². The molecule has 0 saturated heterocycles. The van der Waals surface area contributed by atoms with E-state index < -0.39 is 30.2 Å². The number of nitrogens with one attached hydrogen (secondary N) is 1. The largest absolute Gasteiger partial charge is 0.465 e. The van der Waals surface area contributed by atoms with Crippen LogP contribution in [0, 0.1) is 0 Å². The predicted octanol–water partition coefficient (Wildman–Crippen LogP) is 3.07. The van der Waals surface area contributed by atoms with Gasteiger partial charge in [0, 0.05) is 6.08 Å². The van der Waals surface area contributed by atoms with Crippen LogP contribution in [0.3, 0.4) is 0 Å². The van der Waals surface area contributed by atoms with Crippen molar-refractivity contribution in [3.05, 3.63) is 66.6 Å². The highest BCUT2D eigenvalue weighted by Gasteiger charge is 2.31. The highest BCUT2D eigenvalue weighted by Crippen LogP contribution is 2.33. The van der Waals surface area contributed by atoms with E-state index in [1.54, 1.807) is 12.1 Å². The normalized spacial score (nSPS) is 11.6. The van der Waals surface area contributed by atoms with Gasteiger partial charge in [-0.2, -0.15) is 18.3 Å². The molecule has 2 heterocycles. The van der Waals surface area contributed by atoms with Gasteiger partial charge in [0.15, 0.2) is 6.61 Å². The lowest BCUT2D eigenvalue weighted by Gasteiger charge is -2.14. The molecule has 0 spiro atoms. The Morgan fingerprint density at radius 3 is 2.76 bits per heavy atom. The van der Waals surface area contributed by atoms with E-state index in [4.69, 9.17) is 9.15 Å². The van der Waals surface area contributed by atoms with Crippen LogP contribution in [0.2, 0.25) is 0 Å². The molecule has 8 nitrogen and oxygen atoms in total. The molecule has 0 aliphatic rings. The van der Waals surface area contributed by atoms with Gasteiger partial charge in [-0.3, -0.25) is 4.79 Å². The SMILES string of the molecule is O=C(COC(=O)/C=C/c1ccco1)Nc1cc(C(F)(F)F)ccc1-n1cncn1. The molecule has 1 amide bonds. The van der Waals surface area contributed by atoms with Gasteiger partial charge in [0.1, 0.15) is 18.4 Å². The summed E-state index contributed by atoms with van der Waals surface area (Å²) in [6.45, 7) is -0.700. The summed E-state index contributed by atoms with van der Waals surface area (Å²) in [6, 6.07) is 5.99. The summed E-state index contributed by atoms with van der Waals surface area (Å²) in [5, 5.41) is 6.13. The number of carbonyl (C=O) groups is 2. The van der Waals surface area contributed by atoms with Crippen LogP contribution in [0.4, 0.5) is 18.9 Å². The molecular formula is C18H13F3N4O4. The average Bonchev–Trinajstić information content (AvgIpc) is 3.38. The topological polar surface area (TPSA) is 99.2 Å². The van der Waals surface area contributed by atoms with E-state index in [-0.39, 0.29) is 11.4 Å². The van der Waals surface area contributed by atoms with Crippen LogP contribution >= 0.6 is 0 Å². The van der Waals surface area contributed by atoms with Crippen molar-refractivity contribution < 1.29 is 31.9 Å². The first kappa shape index (κ1) is 19.9. The highest BCUT2D eigenvalue weighted by molar-refractivity contribution is 5.96. The molecule has 0 radical (unpaired) electrons. The van der Waals surface area contributed by atoms with E-state index in [0.717, 1.165) is 24.3 Å². The molecule has 29 heavy (non-hydrogen) atoms. The van der Waals surface area contributed by atoms with Crippen LogP contribution in [0.15, 0.2) is 59.7 Å². The number of halogens is 3. The summed E-state index contributed by atoms with van der Waals surface area (Å²) < 4.78 is 50.0. The number of anilines is 1. The zero-order valence-corrected chi connectivity index (χ0v) is 14.6. The van der Waals surface area contributed by atoms with Crippen LogP contribution in [0.25, 0.3) is 11.8 Å². The molecule has 0 saturated carbocycles. The Labute approximate surface area is 161 Å². The number of ether oxygens (including phenoxy) is 1. The molecule has 11 heteroatoms. The van der Waals surface area contributed by atoms with Crippen molar-refractivity contribution in [3.8, 4) is 5.69 Å². The minimum Gasteiger partial charge on any atom is -0.465 e. The Hall–Kier alpha value is -3.89. The van der Waals surface area contributed by atoms with Crippen LogP contribution in [-0.4, -0.2) is 33.2 Å². The fourth-order valence-electron chi connectivity index (χ4n) is 2.25. The van der Waals surface area contributed by atoms with Crippen LogP contribution < -0.4 is 5.32 Å². The quantitative estimate of drug-likeness (QED) is 0.499. The zero-order valence-electron chi connectivity index (χ0n) is 14.6. The molecule has 0 atom stereocenters. The molecule has 0 aliphatic heterocycles. The van der Waals surface area contributed by atoms with Gasteiger partial charge in [0.05, 0.1) is 23.2 Å². The predicted molar refractivity (Wildman–Crippen MR) is 93.7 cm³/mol. The Morgan fingerprint density at radius 2 is 2.10 bits per heavy atom. The van der Waals surface area contributed by atoms with Gasteiger partial charge < -0.3 is 14.5 Å². The van der Waals surface area contributed by atoms with Crippen molar-refractivity contribution in [2.75, 3.05) is 11.9 Å². The molecule has 1 aromatic carbocycles. The molecule has 150 valence electrons. The monoisotopic (exact) mass is 406 g/mol. The second-order valence-corrected chi connectivity index (χ2v) is 5.57. The van der Waals surface area contributed by atoms with E-state index in [9.17, 15) is 22.8 Å². The van der Waals surface area contributed by atoms with E-state index in [1.807, 2.05) is 0 Å². The Balaban J connectivity index is 1.69. The van der Waals surface area contributed by atoms with Crippen molar-refractivity contribution >= 4 is 23.6 Å². The third-order valence-electron chi connectivity index (χ3n) is 3.54. The van der Waals surface area contributed by atoms with Crippen LogP contribution in [-0.2, 0) is 20.5 Å². The number of carbonyl (C=O) groups excluding carboxylic acids is 2. The number of nitrogens with zero attached hydrogens (tertiary/aromatic N) is 3. The summed E-state index contributed by atoms with van der Waals surface area (Å²) in [5.74, 6) is -1.24. The smallest absolute Gasteiger partial charge is 0.416 e. The Kier molecular flexibility index (Phi) is 5.77. The van der Waals surface area contributed by atoms with E-state index in [0.29, 0.717) is 5.76 Å². The second-order valence-electron chi connectivity index (χ2n) is 5.57. The number of rotatable bonds is 6. The van der Waals surface area contributed by atoms with Crippen molar-refractivity contribution in [1.82, 2.24) is 14.8 Å². The number of hydrogen-bond donors (Lipinski definition) is 1. The van der Waals surface area contributed by atoms with Crippen molar-refractivity contribution in [2.45, 2.75) is 6.18 Å². The van der Waals surface area contributed by atoms with Gasteiger partial charge in [-0.25, -0.2) is 14.5 Å². The van der Waals surface area contributed by atoms with E-state index >= 15 is 0 Å². The molecular weight excluding hydrogens is 393 g/mol. The Morgan fingerprint density at radius 1 is 1.28 bits per heavy atom. The third-order valence-corrected chi connectivity index (χ3v) is 3.54. The lowest BCUT2D eigenvalue weighted by Crippen LogP contribution is -2.21. The van der Waals surface area contributed by atoms with Gasteiger partial charge in [0.2, 0.25) is 0 Å². The number of aromatic nitrogens is 3. The van der Waals surface area contributed by atoms with Crippen molar-refractivity contribution in [2.24, 2.45) is 0 Å². The lowest BCUT2D eigenvalue weighted by atomic mass is 10.1. The van der Waals surface area contributed by atoms with Gasteiger partial charge in [-0.05, 0) is 36.4 Å². The lowest BCUT2D eigenvalue weighted by molar-refractivity contribution is -0.142. The zero-order chi connectivity index (χ0) is 20.9. The molecule has 2 aromatic heterocycles. The van der Waals surface area contributed by atoms with Crippen molar-refractivity contribution in [3.63, 3.8) is 0 Å². The van der Waals surface area contributed by atoms with Gasteiger partial charge in [-0.1, -0.05) is 0 Å². The number of benzene rings is 1. The van der Waals surface area contributed by atoms with E-state index in [1.165, 1.54) is 29.7 Å². The third kappa shape index (κ3) is 5.31. The number of alkyl halides is 3. The van der Waals surface area contributed by atoms with Gasteiger partial charge in [0.25, 0.3) is 5.91 Å². The first-order chi connectivity index (χ1) is 13.8. The summed E-state index contributed by atoms with van der Waals surface area (Å²) in [6.07, 6.45) is 1.66. The van der Waals surface area contributed by atoms with Crippen molar-refractivity contribution in [1.29, 1.82) is 0 Å². The molecule has 0 fully saturated rings. The van der Waals surface area contributed by atoms with E-state index in [2.05, 4.69) is 15.4 Å². The summed E-state index contributed by atoms with van der Waals surface area (Å²) in [4.78, 5) is 27.4. The molecule has 0 unspecified atom stereocenters.